The first-order chi connectivity index (χ1) is 11.0. The van der Waals surface area contributed by atoms with Crippen LogP contribution in [0, 0.1) is 0 Å². The Hall–Kier alpha value is -2.49. The number of ether oxygens (including phenoxy) is 1. The lowest BCUT2D eigenvalue weighted by Gasteiger charge is -2.07. The summed E-state index contributed by atoms with van der Waals surface area (Å²) < 4.78 is 27.8. The Morgan fingerprint density at radius 1 is 1.35 bits per heavy atom. The molecule has 122 valence electrons. The number of nitrogens with zero attached hydrogens (tertiary/aromatic N) is 4. The number of benzene rings is 1. The van der Waals surface area contributed by atoms with Gasteiger partial charge in [0.05, 0.1) is 24.3 Å². The quantitative estimate of drug-likeness (QED) is 0.806. The average molecular weight is 337 g/mol. The summed E-state index contributed by atoms with van der Waals surface area (Å²) in [7, 11) is -1.49. The number of carbonyl (C=O) groups is 1. The fraction of sp³-hybridized carbons (Fsp3) is 0.385. The zero-order valence-corrected chi connectivity index (χ0v) is 13.2. The normalized spacial score (nSPS) is 19.4. The third kappa shape index (κ3) is 3.47. The molecular formula is C13H15N5O4S. The molecule has 1 aromatic heterocycles. The maximum absolute atomic E-state index is 12.1. The molecule has 9 nitrogen and oxygen atoms in total. The van der Waals surface area contributed by atoms with Gasteiger partial charge in [-0.3, -0.25) is 4.79 Å². The minimum absolute atomic E-state index is 0.0502. The highest BCUT2D eigenvalue weighted by atomic mass is 32.2. The number of amides is 1. The molecule has 1 aromatic carbocycles. The largest absolute Gasteiger partial charge is 0.497 e. The van der Waals surface area contributed by atoms with Gasteiger partial charge in [0.25, 0.3) is 11.7 Å². The second kappa shape index (κ2) is 5.95. The van der Waals surface area contributed by atoms with Crippen molar-refractivity contribution < 1.29 is 17.9 Å². The fourth-order valence-electron chi connectivity index (χ4n) is 2.29. The van der Waals surface area contributed by atoms with E-state index in [0.717, 1.165) is 0 Å². The van der Waals surface area contributed by atoms with Gasteiger partial charge in [-0.25, -0.2) is 8.42 Å². The summed E-state index contributed by atoms with van der Waals surface area (Å²) in [5.41, 5.74) is 0.626. The van der Waals surface area contributed by atoms with Gasteiger partial charge < -0.3 is 10.1 Å². The highest BCUT2D eigenvalue weighted by molar-refractivity contribution is 7.91. The van der Waals surface area contributed by atoms with Crippen molar-refractivity contribution in [1.29, 1.82) is 0 Å². The van der Waals surface area contributed by atoms with Gasteiger partial charge in [0.1, 0.15) is 5.75 Å². The predicted molar refractivity (Wildman–Crippen MR) is 80.2 cm³/mol. The van der Waals surface area contributed by atoms with Crippen LogP contribution in [0.2, 0.25) is 0 Å². The molecule has 0 aliphatic carbocycles. The van der Waals surface area contributed by atoms with Crippen LogP contribution >= 0.6 is 0 Å². The molecule has 0 saturated carbocycles. The Morgan fingerprint density at radius 3 is 2.70 bits per heavy atom. The van der Waals surface area contributed by atoms with Gasteiger partial charge >= 0.3 is 0 Å². The summed E-state index contributed by atoms with van der Waals surface area (Å²) in [6.07, 6.45) is 0.403. The van der Waals surface area contributed by atoms with E-state index in [1.54, 1.807) is 31.4 Å². The standard InChI is InChI=1S/C13H15N5O4S/c1-22-11-4-2-10(3-5-11)18-16-12(15-17-18)13(19)14-9-6-7-23(20,21)8-9/h2-5,9H,6-8H2,1H3,(H,14,19)/t9-/m1/s1. The lowest BCUT2D eigenvalue weighted by atomic mass is 10.2. The molecule has 0 unspecified atom stereocenters. The minimum atomic E-state index is -3.06. The maximum Gasteiger partial charge on any atom is 0.293 e. The van der Waals surface area contributed by atoms with E-state index in [1.165, 1.54) is 4.80 Å². The van der Waals surface area contributed by atoms with Gasteiger partial charge in [0, 0.05) is 6.04 Å². The van der Waals surface area contributed by atoms with Crippen LogP contribution in [0.5, 0.6) is 5.75 Å². The molecule has 1 aliphatic rings. The number of aromatic nitrogens is 4. The van der Waals surface area contributed by atoms with Crippen molar-refractivity contribution in [3.8, 4) is 11.4 Å². The van der Waals surface area contributed by atoms with Gasteiger partial charge in [0.2, 0.25) is 0 Å². The smallest absolute Gasteiger partial charge is 0.293 e. The Bertz CT molecular complexity index is 815. The van der Waals surface area contributed by atoms with Crippen molar-refractivity contribution in [2.45, 2.75) is 12.5 Å². The van der Waals surface area contributed by atoms with Gasteiger partial charge in [-0.15, -0.1) is 15.0 Å². The number of hydrogen-bond donors (Lipinski definition) is 1. The summed E-state index contributed by atoms with van der Waals surface area (Å²) in [4.78, 5) is 13.3. The van der Waals surface area contributed by atoms with Crippen molar-refractivity contribution in [3.05, 3.63) is 30.1 Å². The lowest BCUT2D eigenvalue weighted by Crippen LogP contribution is -2.36. The number of hydrogen-bond acceptors (Lipinski definition) is 7. The average Bonchev–Trinajstić information content (AvgIpc) is 3.14. The third-order valence-corrected chi connectivity index (χ3v) is 5.26. The van der Waals surface area contributed by atoms with Gasteiger partial charge in [-0.2, -0.15) is 0 Å². The van der Waals surface area contributed by atoms with E-state index in [1.807, 2.05) is 0 Å². The first-order valence-electron chi connectivity index (χ1n) is 6.92. The van der Waals surface area contributed by atoms with Crippen molar-refractivity contribution in [2.75, 3.05) is 18.6 Å². The predicted octanol–water partition coefficient (Wildman–Crippen LogP) is -0.412. The molecule has 1 saturated heterocycles. The van der Waals surface area contributed by atoms with Crippen molar-refractivity contribution in [1.82, 2.24) is 25.5 Å². The van der Waals surface area contributed by atoms with E-state index < -0.39 is 21.8 Å². The van der Waals surface area contributed by atoms with E-state index in [-0.39, 0.29) is 17.3 Å². The van der Waals surface area contributed by atoms with Crippen LogP contribution < -0.4 is 10.1 Å². The molecule has 23 heavy (non-hydrogen) atoms. The van der Waals surface area contributed by atoms with E-state index in [9.17, 15) is 13.2 Å². The monoisotopic (exact) mass is 337 g/mol. The van der Waals surface area contributed by atoms with Crippen LogP contribution in [0.3, 0.4) is 0 Å². The zero-order valence-electron chi connectivity index (χ0n) is 12.3. The van der Waals surface area contributed by atoms with E-state index in [4.69, 9.17) is 4.74 Å². The van der Waals surface area contributed by atoms with E-state index >= 15 is 0 Å². The Balaban J connectivity index is 1.69. The highest BCUT2D eigenvalue weighted by Crippen LogP contribution is 2.14. The van der Waals surface area contributed by atoms with Crippen LogP contribution in [-0.2, 0) is 9.84 Å². The van der Waals surface area contributed by atoms with Gasteiger partial charge in [0.15, 0.2) is 9.84 Å². The van der Waals surface area contributed by atoms with Crippen molar-refractivity contribution >= 4 is 15.7 Å². The number of rotatable bonds is 4. The SMILES string of the molecule is COc1ccc(-n2nnc(C(=O)N[C@@H]3CCS(=O)(=O)C3)n2)cc1. The molecule has 3 rings (SSSR count). The van der Waals surface area contributed by atoms with Crippen LogP contribution in [0.15, 0.2) is 24.3 Å². The maximum atomic E-state index is 12.1. The second-order valence-corrected chi connectivity index (χ2v) is 7.40. The molecule has 1 atom stereocenters. The molecule has 10 heteroatoms. The summed E-state index contributed by atoms with van der Waals surface area (Å²) in [6.45, 7) is 0. The Morgan fingerprint density at radius 2 is 2.09 bits per heavy atom. The number of carbonyl (C=O) groups excluding carboxylic acids is 1. The topological polar surface area (TPSA) is 116 Å². The molecule has 2 aromatic rings. The molecule has 1 N–H and O–H groups in total. The molecule has 0 radical (unpaired) electrons. The number of tetrazole rings is 1. The van der Waals surface area contributed by atoms with Crippen LogP contribution in [0.25, 0.3) is 5.69 Å². The van der Waals surface area contributed by atoms with Crippen molar-refractivity contribution in [3.63, 3.8) is 0 Å². The van der Waals surface area contributed by atoms with E-state index in [0.29, 0.717) is 17.9 Å². The molecule has 0 spiro atoms. The van der Waals surface area contributed by atoms with Gasteiger partial charge in [-0.05, 0) is 35.9 Å². The van der Waals surface area contributed by atoms with Crippen LogP contribution in [0.4, 0.5) is 0 Å². The molecule has 0 bridgehead atoms. The van der Waals surface area contributed by atoms with Crippen molar-refractivity contribution in [2.24, 2.45) is 0 Å². The number of methoxy groups -OCH3 is 1. The Kier molecular flexibility index (Phi) is 3.99. The summed E-state index contributed by atoms with van der Waals surface area (Å²) >= 11 is 0. The number of nitrogens with one attached hydrogen (secondary N) is 1. The minimum Gasteiger partial charge on any atom is -0.497 e. The van der Waals surface area contributed by atoms with Crippen LogP contribution in [-0.4, -0.2) is 59.2 Å². The number of sulfone groups is 1. The molecular weight excluding hydrogens is 322 g/mol. The molecule has 2 heterocycles. The Labute approximate surface area is 132 Å². The molecule has 1 amide bonds. The summed E-state index contributed by atoms with van der Waals surface area (Å²) in [5.74, 6) is 0.0844. The van der Waals surface area contributed by atoms with Crippen LogP contribution in [0.1, 0.15) is 17.0 Å². The second-order valence-electron chi connectivity index (χ2n) is 5.17. The molecule has 1 aliphatic heterocycles. The fourth-order valence-corrected chi connectivity index (χ4v) is 3.96. The third-order valence-electron chi connectivity index (χ3n) is 3.49. The lowest BCUT2D eigenvalue weighted by molar-refractivity contribution is 0.0930. The summed E-state index contributed by atoms with van der Waals surface area (Å²) in [6, 6.07) is 6.53. The first-order valence-corrected chi connectivity index (χ1v) is 8.75. The zero-order chi connectivity index (χ0) is 16.4. The first kappa shape index (κ1) is 15.4. The highest BCUT2D eigenvalue weighted by Gasteiger charge is 2.30. The van der Waals surface area contributed by atoms with E-state index in [2.05, 4.69) is 20.7 Å². The van der Waals surface area contributed by atoms with Gasteiger partial charge in [-0.1, -0.05) is 0 Å². The summed E-state index contributed by atoms with van der Waals surface area (Å²) in [5, 5.41) is 14.1. The molecule has 1 fully saturated rings.